The fourth-order valence-corrected chi connectivity index (χ4v) is 14.3. The highest BCUT2D eigenvalue weighted by atomic mass is 32.2. The first-order valence-corrected chi connectivity index (χ1v) is 32.4. The summed E-state index contributed by atoms with van der Waals surface area (Å²) in [5.41, 5.74) is -1.33. The van der Waals surface area contributed by atoms with Crippen LogP contribution >= 0.6 is 23.5 Å². The normalized spacial score (nSPS) is 14.9. The van der Waals surface area contributed by atoms with Crippen LogP contribution in [-0.2, 0) is 19.2 Å². The molecule has 0 aliphatic heterocycles. The summed E-state index contributed by atoms with van der Waals surface area (Å²) in [7, 11) is 0. The van der Waals surface area contributed by atoms with Crippen molar-refractivity contribution < 1.29 is 39.6 Å². The average Bonchev–Trinajstić information content (AvgIpc) is 3.35. The molecule has 2 fully saturated rings. The molecule has 0 saturated heterocycles. The van der Waals surface area contributed by atoms with E-state index in [1.807, 2.05) is 0 Å². The molecule has 0 aromatic heterocycles. The molecule has 2 rings (SSSR count). The second kappa shape index (κ2) is 46.1. The number of unbranched alkanes of at least 4 members (excludes halogenated alkanes) is 30. The van der Waals surface area contributed by atoms with Gasteiger partial charge in [-0.2, -0.15) is 23.5 Å². The van der Waals surface area contributed by atoms with Crippen molar-refractivity contribution in [1.29, 1.82) is 0 Å². The van der Waals surface area contributed by atoms with Crippen molar-refractivity contribution in [3.8, 4) is 0 Å². The third-order valence-corrected chi connectivity index (χ3v) is 18.6. The van der Waals surface area contributed by atoms with E-state index < -0.39 is 34.7 Å². The molecule has 0 atom stereocenters. The van der Waals surface area contributed by atoms with Gasteiger partial charge in [0.1, 0.15) is 0 Å². The van der Waals surface area contributed by atoms with Gasteiger partial charge in [-0.1, -0.05) is 258 Å². The van der Waals surface area contributed by atoms with Gasteiger partial charge in [0.2, 0.25) is 0 Å². The molecule has 412 valence electrons. The molecule has 0 radical (unpaired) electrons. The summed E-state index contributed by atoms with van der Waals surface area (Å²) < 4.78 is 0. The zero-order chi connectivity index (χ0) is 51.2. The van der Waals surface area contributed by atoms with Crippen molar-refractivity contribution in [2.24, 2.45) is 22.7 Å². The Balaban J connectivity index is 0.000000879. The van der Waals surface area contributed by atoms with Gasteiger partial charge in [0.15, 0.2) is 0 Å². The summed E-state index contributed by atoms with van der Waals surface area (Å²) in [6, 6.07) is 0. The fourth-order valence-electron chi connectivity index (χ4n) is 11.6. The lowest BCUT2D eigenvalue weighted by atomic mass is 9.59. The maximum Gasteiger partial charge on any atom is 0.311 e. The first-order valence-electron chi connectivity index (χ1n) is 30.1. The molecule has 0 bridgehead atoms. The predicted octanol–water partition coefficient (Wildman–Crippen LogP) is 19.0. The van der Waals surface area contributed by atoms with Crippen LogP contribution in [0.2, 0.25) is 0 Å². The van der Waals surface area contributed by atoms with Crippen LogP contribution in [0.25, 0.3) is 0 Å². The van der Waals surface area contributed by atoms with Gasteiger partial charge in [-0.25, -0.2) is 0 Å². The minimum absolute atomic E-state index is 0.110. The van der Waals surface area contributed by atoms with Gasteiger partial charge >= 0.3 is 23.9 Å². The lowest BCUT2D eigenvalue weighted by molar-refractivity contribution is -0.157. The van der Waals surface area contributed by atoms with E-state index in [9.17, 15) is 29.4 Å². The van der Waals surface area contributed by atoms with Crippen molar-refractivity contribution in [2.45, 2.75) is 309 Å². The number of carboxylic acids is 4. The molecule has 70 heavy (non-hydrogen) atoms. The number of thioether (sulfide) groups is 2. The van der Waals surface area contributed by atoms with E-state index in [1.165, 1.54) is 204 Å². The molecule has 0 spiro atoms. The molecular weight excluding hydrogens is 913 g/mol. The van der Waals surface area contributed by atoms with Crippen LogP contribution in [0.15, 0.2) is 0 Å². The van der Waals surface area contributed by atoms with E-state index in [0.717, 1.165) is 89.9 Å². The molecule has 8 nitrogen and oxygen atoms in total. The van der Waals surface area contributed by atoms with Crippen LogP contribution in [0, 0.1) is 22.7 Å². The van der Waals surface area contributed by atoms with Gasteiger partial charge in [-0.15, -0.1) is 0 Å². The molecule has 2 saturated carbocycles. The Kier molecular flexibility index (Phi) is 43.9. The van der Waals surface area contributed by atoms with E-state index in [-0.39, 0.29) is 24.7 Å². The largest absolute Gasteiger partial charge is 0.481 e. The minimum Gasteiger partial charge on any atom is -0.481 e. The first-order chi connectivity index (χ1) is 34.1. The van der Waals surface area contributed by atoms with Crippen molar-refractivity contribution in [2.75, 3.05) is 23.0 Å². The molecule has 2 aliphatic rings. The monoisotopic (exact) mass is 1020 g/mol. The lowest BCUT2D eigenvalue weighted by Gasteiger charge is -2.46. The molecule has 0 heterocycles. The summed E-state index contributed by atoms with van der Waals surface area (Å²) in [6.45, 7) is 4.56. The molecule has 4 N–H and O–H groups in total. The topological polar surface area (TPSA) is 149 Å². The summed E-state index contributed by atoms with van der Waals surface area (Å²) in [4.78, 5) is 46.8. The standard InChI is InChI=1S/C42H82O4S.C18H30O4S/c1-3-5-7-9-11-13-15-17-19-21-23-25-27-29-31-33-36-42(41(45)46,39-47-38-35-40(43)44)37-34-32-30-28-26-24-22-20-18-16-14-12-10-8-6-4-2;19-16(20)11-12-23-13-18(17(21)22,14-7-3-1-4-8-14)15-9-5-2-6-10-15/h3-39H2,1-2H3,(H,43,44)(H,45,46);14-15H,1-13H2,(H,19,20)(H,21,22). The lowest BCUT2D eigenvalue weighted by Crippen LogP contribution is -2.48. The number of hydrogen-bond acceptors (Lipinski definition) is 6. The molecule has 0 amide bonds. The Morgan fingerprint density at radius 1 is 0.371 bits per heavy atom. The van der Waals surface area contributed by atoms with E-state index in [2.05, 4.69) is 13.8 Å². The van der Waals surface area contributed by atoms with Crippen LogP contribution in [-0.4, -0.2) is 67.3 Å². The van der Waals surface area contributed by atoms with Gasteiger partial charge in [-0.05, 0) is 50.4 Å². The number of rotatable bonds is 48. The van der Waals surface area contributed by atoms with Crippen molar-refractivity contribution >= 4 is 47.4 Å². The van der Waals surface area contributed by atoms with Gasteiger partial charge in [0.25, 0.3) is 0 Å². The zero-order valence-corrected chi connectivity index (χ0v) is 47.4. The second-order valence-electron chi connectivity index (χ2n) is 22.1. The van der Waals surface area contributed by atoms with Crippen molar-refractivity contribution in [3.63, 3.8) is 0 Å². The molecule has 0 aromatic rings. The van der Waals surface area contributed by atoms with Crippen LogP contribution in [0.3, 0.4) is 0 Å². The summed E-state index contributed by atoms with van der Waals surface area (Å²) in [5.74, 6) is -0.183. The predicted molar refractivity (Wildman–Crippen MR) is 301 cm³/mol. The van der Waals surface area contributed by atoms with Gasteiger partial charge in [0, 0.05) is 23.0 Å². The third kappa shape index (κ3) is 33.4. The summed E-state index contributed by atoms with van der Waals surface area (Å²) >= 11 is 3.07. The first kappa shape index (κ1) is 66.6. The fraction of sp³-hybridized carbons (Fsp3) is 0.933. The minimum atomic E-state index is -0.797. The molecule has 2 aliphatic carbocycles. The van der Waals surface area contributed by atoms with Gasteiger partial charge in [0.05, 0.1) is 23.7 Å². The van der Waals surface area contributed by atoms with Crippen LogP contribution in [0.5, 0.6) is 0 Å². The summed E-state index contributed by atoms with van der Waals surface area (Å²) in [6.07, 6.45) is 55.2. The number of aliphatic carboxylic acids is 4. The molecular formula is C60H112O8S2. The van der Waals surface area contributed by atoms with Gasteiger partial charge in [-0.3, -0.25) is 19.2 Å². The zero-order valence-electron chi connectivity index (χ0n) is 45.7. The van der Waals surface area contributed by atoms with Crippen molar-refractivity contribution in [3.05, 3.63) is 0 Å². The highest BCUT2D eigenvalue weighted by Gasteiger charge is 2.51. The third-order valence-electron chi connectivity index (χ3n) is 16.2. The maximum absolute atomic E-state index is 12.6. The van der Waals surface area contributed by atoms with E-state index in [0.29, 0.717) is 23.0 Å². The summed E-state index contributed by atoms with van der Waals surface area (Å²) in [5, 5.41) is 38.4. The Morgan fingerprint density at radius 3 is 0.900 bits per heavy atom. The Labute approximate surface area is 439 Å². The average molecular weight is 1030 g/mol. The second-order valence-corrected chi connectivity index (χ2v) is 24.3. The SMILES string of the molecule is CCCCCCCCCCCCCCCCCCC(CCCCCCCCCCCCCCCCCC)(CSCCC(=O)O)C(=O)O.O=C(O)CCSCC(C(=O)O)(C1CCCCC1)C1CCCCC1. The maximum atomic E-state index is 12.6. The van der Waals surface area contributed by atoms with Gasteiger partial charge < -0.3 is 20.4 Å². The number of carboxylic acid groups (broad SMARTS) is 4. The highest BCUT2D eigenvalue weighted by molar-refractivity contribution is 7.99. The quantitative estimate of drug-likeness (QED) is 0.0434. The van der Waals surface area contributed by atoms with Crippen LogP contribution < -0.4 is 0 Å². The molecule has 0 unspecified atom stereocenters. The number of hydrogen-bond donors (Lipinski definition) is 4. The van der Waals surface area contributed by atoms with E-state index >= 15 is 0 Å². The Morgan fingerprint density at radius 2 is 0.643 bits per heavy atom. The Hall–Kier alpha value is -1.42. The van der Waals surface area contributed by atoms with Crippen LogP contribution in [0.4, 0.5) is 0 Å². The number of carbonyl (C=O) groups is 4. The van der Waals surface area contributed by atoms with E-state index in [4.69, 9.17) is 10.2 Å². The van der Waals surface area contributed by atoms with Crippen molar-refractivity contribution in [1.82, 2.24) is 0 Å². The highest BCUT2D eigenvalue weighted by Crippen LogP contribution is 2.51. The van der Waals surface area contributed by atoms with E-state index in [1.54, 1.807) is 11.8 Å². The molecule has 10 heteroatoms. The smallest absolute Gasteiger partial charge is 0.311 e. The van der Waals surface area contributed by atoms with Crippen LogP contribution in [0.1, 0.15) is 309 Å². The molecule has 0 aromatic carbocycles. The Bertz CT molecular complexity index is 1190.